The fourth-order valence-corrected chi connectivity index (χ4v) is 3.11. The maximum Gasteiger partial charge on any atom is 0.252 e. The number of halogens is 1. The summed E-state index contributed by atoms with van der Waals surface area (Å²) in [5.74, 6) is 0.300. The van der Waals surface area contributed by atoms with E-state index in [1.54, 1.807) is 11.3 Å². The molecule has 86 valence electrons. The Morgan fingerprint density at radius 3 is 2.69 bits per heavy atom. The molecule has 1 aromatic heterocycles. The summed E-state index contributed by atoms with van der Waals surface area (Å²) in [5, 5.41) is 4.85. The fourth-order valence-electron chi connectivity index (χ4n) is 1.78. The zero-order chi connectivity index (χ0) is 11.5. The van der Waals surface area contributed by atoms with Gasteiger partial charge in [-0.25, -0.2) is 0 Å². The molecule has 0 bridgehead atoms. The first-order valence-corrected chi connectivity index (χ1v) is 7.17. The number of thiophene rings is 1. The smallest absolute Gasteiger partial charge is 0.252 e. The first kappa shape index (κ1) is 12.0. The third kappa shape index (κ3) is 3.04. The molecule has 1 N–H and O–H groups in total. The van der Waals surface area contributed by atoms with Crippen LogP contribution in [-0.2, 0) is 4.79 Å². The maximum atomic E-state index is 11.8. The van der Waals surface area contributed by atoms with Crippen LogP contribution in [0.5, 0.6) is 0 Å². The van der Waals surface area contributed by atoms with Crippen LogP contribution < -0.4 is 5.32 Å². The number of amides is 1. The molecule has 0 unspecified atom stereocenters. The van der Waals surface area contributed by atoms with Gasteiger partial charge in [-0.3, -0.25) is 9.59 Å². The molecular weight excluding hydrogens is 337 g/mol. The molecule has 1 aromatic rings. The minimum Gasteiger partial charge on any atom is -0.349 e. The van der Waals surface area contributed by atoms with E-state index in [1.165, 1.54) is 0 Å². The minimum absolute atomic E-state index is 0.0153. The van der Waals surface area contributed by atoms with Crippen LogP contribution in [0.1, 0.15) is 36.0 Å². The Balaban J connectivity index is 1.90. The van der Waals surface area contributed by atoms with Gasteiger partial charge in [-0.15, -0.1) is 11.3 Å². The van der Waals surface area contributed by atoms with Gasteiger partial charge in [-0.05, 0) is 41.5 Å². The van der Waals surface area contributed by atoms with Crippen molar-refractivity contribution in [2.75, 3.05) is 0 Å². The number of rotatable bonds is 2. The highest BCUT2D eigenvalue weighted by molar-refractivity contribution is 14.1. The molecule has 1 fully saturated rings. The summed E-state index contributed by atoms with van der Waals surface area (Å²) < 4.78 is 1.11. The number of ketones is 1. The van der Waals surface area contributed by atoms with Crippen molar-refractivity contribution in [1.29, 1.82) is 0 Å². The summed E-state index contributed by atoms with van der Waals surface area (Å²) >= 11 is 3.77. The van der Waals surface area contributed by atoms with Crippen LogP contribution in [0.3, 0.4) is 0 Å². The molecule has 1 aliphatic carbocycles. The van der Waals surface area contributed by atoms with Crippen molar-refractivity contribution in [2.45, 2.75) is 31.7 Å². The van der Waals surface area contributed by atoms with Gasteiger partial charge in [0.15, 0.2) is 0 Å². The highest BCUT2D eigenvalue weighted by Crippen LogP contribution is 2.18. The van der Waals surface area contributed by atoms with Crippen molar-refractivity contribution in [2.24, 2.45) is 0 Å². The zero-order valence-corrected chi connectivity index (χ0v) is 11.6. The van der Waals surface area contributed by atoms with Crippen molar-refractivity contribution >= 4 is 45.6 Å². The summed E-state index contributed by atoms with van der Waals surface area (Å²) in [7, 11) is 0. The van der Waals surface area contributed by atoms with E-state index in [2.05, 4.69) is 27.9 Å². The van der Waals surface area contributed by atoms with Gasteiger partial charge in [0.1, 0.15) is 5.78 Å². The van der Waals surface area contributed by atoms with E-state index in [1.807, 2.05) is 11.4 Å². The monoisotopic (exact) mass is 349 g/mol. The number of carbonyl (C=O) groups excluding carboxylic acids is 2. The Labute approximate surface area is 112 Å². The Hall–Kier alpha value is -0.430. The minimum atomic E-state index is -0.0153. The predicted octanol–water partition coefficient (Wildman–Crippen LogP) is 2.59. The van der Waals surface area contributed by atoms with Gasteiger partial charge in [0, 0.05) is 24.3 Å². The van der Waals surface area contributed by atoms with Crippen LogP contribution in [0.25, 0.3) is 0 Å². The van der Waals surface area contributed by atoms with Gasteiger partial charge in [-0.1, -0.05) is 0 Å². The van der Waals surface area contributed by atoms with Crippen LogP contribution in [0.4, 0.5) is 0 Å². The number of carbonyl (C=O) groups is 2. The number of hydrogen-bond donors (Lipinski definition) is 1. The van der Waals surface area contributed by atoms with Gasteiger partial charge in [0.2, 0.25) is 0 Å². The van der Waals surface area contributed by atoms with Crippen LogP contribution in [0.15, 0.2) is 11.4 Å². The first-order valence-electron chi connectivity index (χ1n) is 5.22. The van der Waals surface area contributed by atoms with E-state index in [-0.39, 0.29) is 11.9 Å². The van der Waals surface area contributed by atoms with Gasteiger partial charge < -0.3 is 5.32 Å². The number of nitrogens with one attached hydrogen (secondary N) is 1. The summed E-state index contributed by atoms with van der Waals surface area (Å²) in [5.41, 5.74) is 0.728. The normalized spacial score (nSPS) is 17.4. The van der Waals surface area contributed by atoms with E-state index >= 15 is 0 Å². The Kier molecular flexibility index (Phi) is 3.96. The zero-order valence-electron chi connectivity index (χ0n) is 8.66. The average molecular weight is 349 g/mol. The first-order chi connectivity index (χ1) is 7.65. The maximum absolute atomic E-state index is 11.8. The van der Waals surface area contributed by atoms with Gasteiger partial charge in [0.25, 0.3) is 5.91 Å². The predicted molar refractivity (Wildman–Crippen MR) is 71.8 cm³/mol. The van der Waals surface area contributed by atoms with Gasteiger partial charge >= 0.3 is 0 Å². The van der Waals surface area contributed by atoms with Crippen LogP contribution >= 0.6 is 33.9 Å². The molecular formula is C11H12INO2S. The van der Waals surface area contributed by atoms with E-state index < -0.39 is 0 Å². The van der Waals surface area contributed by atoms with Crippen LogP contribution in [-0.4, -0.2) is 17.7 Å². The lowest BCUT2D eigenvalue weighted by molar-refractivity contribution is -0.120. The average Bonchev–Trinajstić information content (AvgIpc) is 2.68. The fraction of sp³-hybridized carbons (Fsp3) is 0.455. The lowest BCUT2D eigenvalue weighted by Gasteiger charge is -2.21. The molecule has 1 heterocycles. The molecule has 0 atom stereocenters. The molecule has 0 aliphatic heterocycles. The van der Waals surface area contributed by atoms with Crippen molar-refractivity contribution in [3.05, 3.63) is 19.9 Å². The van der Waals surface area contributed by atoms with Crippen molar-refractivity contribution < 1.29 is 9.59 Å². The van der Waals surface area contributed by atoms with Crippen molar-refractivity contribution in [3.63, 3.8) is 0 Å². The van der Waals surface area contributed by atoms with E-state index in [9.17, 15) is 9.59 Å². The quantitative estimate of drug-likeness (QED) is 0.835. The lowest BCUT2D eigenvalue weighted by Crippen LogP contribution is -2.37. The molecule has 16 heavy (non-hydrogen) atoms. The van der Waals surface area contributed by atoms with Crippen LogP contribution in [0.2, 0.25) is 0 Å². The molecule has 1 saturated carbocycles. The molecule has 0 radical (unpaired) electrons. The van der Waals surface area contributed by atoms with Gasteiger partial charge in [-0.2, -0.15) is 0 Å². The lowest BCUT2D eigenvalue weighted by atomic mass is 9.94. The van der Waals surface area contributed by atoms with E-state index in [0.29, 0.717) is 18.6 Å². The second-order valence-corrected chi connectivity index (χ2v) is 6.73. The Morgan fingerprint density at radius 2 is 2.12 bits per heavy atom. The second-order valence-electron chi connectivity index (χ2n) is 3.93. The van der Waals surface area contributed by atoms with Gasteiger partial charge in [0.05, 0.1) is 8.45 Å². The third-order valence-electron chi connectivity index (χ3n) is 2.71. The largest absolute Gasteiger partial charge is 0.349 e. The highest BCUT2D eigenvalue weighted by Gasteiger charge is 2.20. The Morgan fingerprint density at radius 1 is 1.44 bits per heavy atom. The SMILES string of the molecule is O=C1CCC(NC(=O)c2csc(I)c2)CC1. The second kappa shape index (κ2) is 5.27. The standard InChI is InChI=1S/C11H12INO2S/c12-10-5-7(6-16-10)11(15)13-8-1-3-9(14)4-2-8/h5-6,8H,1-4H2,(H,13,15). The highest BCUT2D eigenvalue weighted by atomic mass is 127. The molecule has 0 aromatic carbocycles. The molecule has 1 aliphatic rings. The molecule has 5 heteroatoms. The topological polar surface area (TPSA) is 46.2 Å². The Bertz CT molecular complexity index is 406. The molecule has 3 nitrogen and oxygen atoms in total. The molecule has 2 rings (SSSR count). The number of Topliss-reactive ketones (excluding diaryl/α,β-unsaturated/α-hetero) is 1. The molecule has 1 amide bonds. The van der Waals surface area contributed by atoms with E-state index in [4.69, 9.17) is 0 Å². The number of hydrogen-bond acceptors (Lipinski definition) is 3. The third-order valence-corrected chi connectivity index (χ3v) is 4.50. The summed E-state index contributed by atoms with van der Waals surface area (Å²) in [6.45, 7) is 0. The summed E-state index contributed by atoms with van der Waals surface area (Å²) in [6, 6.07) is 2.05. The molecule has 0 saturated heterocycles. The van der Waals surface area contributed by atoms with Crippen molar-refractivity contribution in [1.82, 2.24) is 5.32 Å². The summed E-state index contributed by atoms with van der Waals surface area (Å²) in [4.78, 5) is 22.9. The molecule has 0 spiro atoms. The summed E-state index contributed by atoms with van der Waals surface area (Å²) in [6.07, 6.45) is 2.77. The van der Waals surface area contributed by atoms with Crippen molar-refractivity contribution in [3.8, 4) is 0 Å². The van der Waals surface area contributed by atoms with Crippen LogP contribution in [0, 0.1) is 2.88 Å². The van der Waals surface area contributed by atoms with E-state index in [0.717, 1.165) is 21.3 Å².